The van der Waals surface area contributed by atoms with Crippen LogP contribution in [0.2, 0.25) is 0 Å². The van der Waals surface area contributed by atoms with Crippen LogP contribution in [-0.2, 0) is 0 Å². The average Bonchev–Trinajstić information content (AvgIpc) is 2.39. The van der Waals surface area contributed by atoms with Crippen LogP contribution >= 0.6 is 0 Å². The Morgan fingerprint density at radius 3 is 2.42 bits per heavy atom. The largest absolute Gasteiger partial charge is 0.371 e. The van der Waals surface area contributed by atoms with Crippen molar-refractivity contribution in [1.29, 1.82) is 0 Å². The summed E-state index contributed by atoms with van der Waals surface area (Å²) in [7, 11) is 0. The molecule has 108 valence electrons. The number of nitrogens with one attached hydrogen (secondary N) is 1. The van der Waals surface area contributed by atoms with E-state index in [2.05, 4.69) is 31.0 Å². The standard InChI is InChI=1S/C16H27FN2/c1-4-19(16-9-7-15(17)8-10-16)13-12-18-11-5-6-14(2)3/h7-10,14,18H,4-6,11-13H2,1-3H3. The summed E-state index contributed by atoms with van der Waals surface area (Å²) in [6.45, 7) is 10.6. The van der Waals surface area contributed by atoms with Gasteiger partial charge in [0.25, 0.3) is 0 Å². The average molecular weight is 266 g/mol. The molecule has 0 atom stereocenters. The van der Waals surface area contributed by atoms with Crippen molar-refractivity contribution in [3.63, 3.8) is 0 Å². The summed E-state index contributed by atoms with van der Waals surface area (Å²) in [5.41, 5.74) is 1.09. The normalized spacial score (nSPS) is 11.0. The van der Waals surface area contributed by atoms with Gasteiger partial charge >= 0.3 is 0 Å². The second kappa shape index (κ2) is 8.92. The number of hydrogen-bond donors (Lipinski definition) is 1. The van der Waals surface area contributed by atoms with E-state index in [9.17, 15) is 4.39 Å². The molecular weight excluding hydrogens is 239 g/mol. The number of halogens is 1. The Labute approximate surface area is 117 Å². The zero-order valence-corrected chi connectivity index (χ0v) is 12.5. The molecule has 0 saturated heterocycles. The summed E-state index contributed by atoms with van der Waals surface area (Å²) >= 11 is 0. The zero-order chi connectivity index (χ0) is 14.1. The Bertz CT molecular complexity index is 335. The van der Waals surface area contributed by atoms with E-state index < -0.39 is 0 Å². The van der Waals surface area contributed by atoms with Gasteiger partial charge < -0.3 is 10.2 Å². The highest BCUT2D eigenvalue weighted by Crippen LogP contribution is 2.13. The van der Waals surface area contributed by atoms with Gasteiger partial charge in [-0.2, -0.15) is 0 Å². The van der Waals surface area contributed by atoms with Gasteiger partial charge in [0.2, 0.25) is 0 Å². The predicted octanol–water partition coefficient (Wildman–Crippen LogP) is 3.68. The lowest BCUT2D eigenvalue weighted by Gasteiger charge is -2.23. The van der Waals surface area contributed by atoms with Crippen molar-refractivity contribution in [3.05, 3.63) is 30.1 Å². The van der Waals surface area contributed by atoms with Crippen molar-refractivity contribution in [3.8, 4) is 0 Å². The number of nitrogens with zero attached hydrogens (tertiary/aromatic N) is 1. The summed E-state index contributed by atoms with van der Waals surface area (Å²) in [5.74, 6) is 0.611. The molecule has 1 aromatic rings. The van der Waals surface area contributed by atoms with Gasteiger partial charge in [-0.3, -0.25) is 0 Å². The van der Waals surface area contributed by atoms with Gasteiger partial charge in [0, 0.05) is 25.3 Å². The van der Waals surface area contributed by atoms with Crippen molar-refractivity contribution in [2.45, 2.75) is 33.6 Å². The van der Waals surface area contributed by atoms with Gasteiger partial charge in [-0.25, -0.2) is 4.39 Å². The molecule has 0 aliphatic carbocycles. The maximum atomic E-state index is 12.9. The van der Waals surface area contributed by atoms with Crippen LogP contribution in [0.15, 0.2) is 24.3 Å². The Hall–Kier alpha value is -1.09. The van der Waals surface area contributed by atoms with Gasteiger partial charge in [0.15, 0.2) is 0 Å². The molecule has 0 aliphatic heterocycles. The van der Waals surface area contributed by atoms with Gasteiger partial charge in [-0.15, -0.1) is 0 Å². The Morgan fingerprint density at radius 1 is 1.16 bits per heavy atom. The number of hydrogen-bond acceptors (Lipinski definition) is 2. The minimum absolute atomic E-state index is 0.174. The van der Waals surface area contributed by atoms with Crippen LogP contribution in [0.25, 0.3) is 0 Å². The molecule has 1 rings (SSSR count). The fraction of sp³-hybridized carbons (Fsp3) is 0.625. The predicted molar refractivity (Wildman–Crippen MR) is 81.2 cm³/mol. The molecule has 3 heteroatoms. The molecular formula is C16H27FN2. The minimum Gasteiger partial charge on any atom is -0.371 e. The molecule has 19 heavy (non-hydrogen) atoms. The molecule has 0 saturated carbocycles. The highest BCUT2D eigenvalue weighted by molar-refractivity contribution is 5.46. The number of likely N-dealkylation sites (N-methyl/N-ethyl adjacent to an activating group) is 1. The molecule has 0 fully saturated rings. The Balaban J connectivity index is 2.24. The highest BCUT2D eigenvalue weighted by Gasteiger charge is 2.03. The van der Waals surface area contributed by atoms with E-state index in [0.717, 1.165) is 37.8 Å². The van der Waals surface area contributed by atoms with E-state index in [1.54, 1.807) is 0 Å². The third-order valence-electron chi connectivity index (χ3n) is 3.27. The molecule has 0 heterocycles. The molecule has 0 aromatic heterocycles. The molecule has 0 radical (unpaired) electrons. The number of anilines is 1. The van der Waals surface area contributed by atoms with Gasteiger partial charge in [-0.1, -0.05) is 13.8 Å². The van der Waals surface area contributed by atoms with Crippen molar-refractivity contribution >= 4 is 5.69 Å². The molecule has 0 aliphatic rings. The molecule has 1 N–H and O–H groups in total. The SMILES string of the molecule is CCN(CCNCCCC(C)C)c1ccc(F)cc1. The molecule has 0 bridgehead atoms. The zero-order valence-electron chi connectivity index (χ0n) is 12.5. The van der Waals surface area contributed by atoms with E-state index in [4.69, 9.17) is 0 Å². The van der Waals surface area contributed by atoms with Crippen molar-refractivity contribution in [2.75, 3.05) is 31.1 Å². The molecule has 0 unspecified atom stereocenters. The monoisotopic (exact) mass is 266 g/mol. The quantitative estimate of drug-likeness (QED) is 0.686. The van der Waals surface area contributed by atoms with E-state index >= 15 is 0 Å². The first kappa shape index (κ1) is 16.0. The third kappa shape index (κ3) is 6.58. The van der Waals surface area contributed by atoms with Crippen molar-refractivity contribution in [1.82, 2.24) is 5.32 Å². The van der Waals surface area contributed by atoms with Crippen LogP contribution in [0.3, 0.4) is 0 Å². The van der Waals surface area contributed by atoms with E-state index in [1.807, 2.05) is 12.1 Å². The lowest BCUT2D eigenvalue weighted by Crippen LogP contribution is -2.32. The lowest BCUT2D eigenvalue weighted by atomic mass is 10.1. The summed E-state index contributed by atoms with van der Waals surface area (Å²) in [4.78, 5) is 2.26. The fourth-order valence-electron chi connectivity index (χ4n) is 2.10. The van der Waals surface area contributed by atoms with Crippen LogP contribution in [0, 0.1) is 11.7 Å². The fourth-order valence-corrected chi connectivity index (χ4v) is 2.10. The van der Waals surface area contributed by atoms with Crippen LogP contribution in [-0.4, -0.2) is 26.2 Å². The molecule has 0 spiro atoms. The van der Waals surface area contributed by atoms with Crippen LogP contribution in [0.4, 0.5) is 10.1 Å². The summed E-state index contributed by atoms with van der Waals surface area (Å²) < 4.78 is 12.9. The van der Waals surface area contributed by atoms with E-state index in [1.165, 1.54) is 25.0 Å². The number of rotatable bonds is 9. The van der Waals surface area contributed by atoms with E-state index in [-0.39, 0.29) is 5.82 Å². The summed E-state index contributed by atoms with van der Waals surface area (Å²) in [6, 6.07) is 6.73. The Kier molecular flexibility index (Phi) is 7.49. The smallest absolute Gasteiger partial charge is 0.123 e. The van der Waals surface area contributed by atoms with Crippen LogP contribution < -0.4 is 10.2 Å². The summed E-state index contributed by atoms with van der Waals surface area (Å²) in [6.07, 6.45) is 2.52. The van der Waals surface area contributed by atoms with Crippen molar-refractivity contribution < 1.29 is 4.39 Å². The molecule has 1 aromatic carbocycles. The maximum absolute atomic E-state index is 12.9. The van der Waals surface area contributed by atoms with Crippen LogP contribution in [0.5, 0.6) is 0 Å². The van der Waals surface area contributed by atoms with Gasteiger partial charge in [-0.05, 0) is 56.5 Å². The minimum atomic E-state index is -0.174. The first-order valence-corrected chi connectivity index (χ1v) is 7.34. The van der Waals surface area contributed by atoms with Gasteiger partial charge in [0.1, 0.15) is 5.82 Å². The number of benzene rings is 1. The Morgan fingerprint density at radius 2 is 1.84 bits per heavy atom. The second-order valence-corrected chi connectivity index (χ2v) is 5.34. The maximum Gasteiger partial charge on any atom is 0.123 e. The molecule has 0 amide bonds. The summed E-state index contributed by atoms with van der Waals surface area (Å²) in [5, 5.41) is 3.47. The second-order valence-electron chi connectivity index (χ2n) is 5.34. The first-order chi connectivity index (χ1) is 9.13. The van der Waals surface area contributed by atoms with Crippen LogP contribution in [0.1, 0.15) is 33.6 Å². The van der Waals surface area contributed by atoms with Crippen molar-refractivity contribution in [2.24, 2.45) is 5.92 Å². The van der Waals surface area contributed by atoms with Gasteiger partial charge in [0.05, 0.1) is 0 Å². The highest BCUT2D eigenvalue weighted by atomic mass is 19.1. The third-order valence-corrected chi connectivity index (χ3v) is 3.27. The lowest BCUT2D eigenvalue weighted by molar-refractivity contribution is 0.528. The molecule has 2 nitrogen and oxygen atoms in total. The first-order valence-electron chi connectivity index (χ1n) is 7.34. The topological polar surface area (TPSA) is 15.3 Å². The van der Waals surface area contributed by atoms with E-state index in [0.29, 0.717) is 0 Å².